The number of allylic oxidation sites excluding steroid dienone is 1. The second-order valence-corrected chi connectivity index (χ2v) is 6.92. The molecule has 0 spiro atoms. The molecule has 0 fully saturated rings. The molecule has 0 amide bonds. The van der Waals surface area contributed by atoms with Crippen LogP contribution in [0.5, 0.6) is 11.5 Å². The third-order valence-electron chi connectivity index (χ3n) is 4.04. The Labute approximate surface area is 172 Å². The summed E-state index contributed by atoms with van der Waals surface area (Å²) < 4.78 is 11.9. The Hall–Kier alpha value is -2.96. The predicted octanol–water partition coefficient (Wildman–Crippen LogP) is 5.53. The maximum Gasteiger partial charge on any atom is 0.175 e. The summed E-state index contributed by atoms with van der Waals surface area (Å²) >= 11 is 2.17. The lowest BCUT2D eigenvalue weighted by atomic mass is 10.00. The number of nitriles is 1. The minimum absolute atomic E-state index is 0.169. The molecule has 0 unspecified atom stereocenters. The van der Waals surface area contributed by atoms with Crippen LogP contribution in [0.4, 0.5) is 0 Å². The van der Waals surface area contributed by atoms with Gasteiger partial charge in [0.05, 0.1) is 22.3 Å². The minimum atomic E-state index is 0.169. The van der Waals surface area contributed by atoms with E-state index in [1.54, 1.807) is 7.11 Å². The molecule has 0 bridgehead atoms. The van der Waals surface area contributed by atoms with Crippen molar-refractivity contribution in [1.29, 1.82) is 5.26 Å². The van der Waals surface area contributed by atoms with E-state index >= 15 is 0 Å². The first-order chi connectivity index (χ1) is 13.2. The highest BCUT2D eigenvalue weighted by molar-refractivity contribution is 14.1. The quantitative estimate of drug-likeness (QED) is 0.216. The Bertz CT molecular complexity index is 1100. The molecular formula is C23H16INO2. The topological polar surface area (TPSA) is 42.2 Å². The number of halogens is 1. The molecule has 4 heteroatoms. The van der Waals surface area contributed by atoms with Gasteiger partial charge >= 0.3 is 0 Å². The first-order valence-electron chi connectivity index (χ1n) is 8.21. The van der Waals surface area contributed by atoms with Crippen LogP contribution in [0.15, 0.2) is 54.6 Å². The zero-order chi connectivity index (χ0) is 19.2. The van der Waals surface area contributed by atoms with E-state index in [2.05, 4.69) is 40.6 Å². The van der Waals surface area contributed by atoms with Gasteiger partial charge in [-0.15, -0.1) is 6.42 Å². The van der Waals surface area contributed by atoms with Crippen LogP contribution >= 0.6 is 22.6 Å². The van der Waals surface area contributed by atoms with Gasteiger partial charge in [-0.05, 0) is 68.8 Å². The van der Waals surface area contributed by atoms with Crippen molar-refractivity contribution in [1.82, 2.24) is 0 Å². The van der Waals surface area contributed by atoms with Crippen LogP contribution in [0.2, 0.25) is 0 Å². The van der Waals surface area contributed by atoms with Crippen molar-refractivity contribution >= 4 is 45.0 Å². The zero-order valence-corrected chi connectivity index (χ0v) is 16.9. The van der Waals surface area contributed by atoms with Crippen molar-refractivity contribution in [3.8, 4) is 29.9 Å². The van der Waals surface area contributed by atoms with Crippen LogP contribution in [0, 0.1) is 27.2 Å². The third kappa shape index (κ3) is 4.24. The highest BCUT2D eigenvalue weighted by Crippen LogP contribution is 2.35. The highest BCUT2D eigenvalue weighted by atomic mass is 127. The predicted molar refractivity (Wildman–Crippen MR) is 117 cm³/mol. The molecule has 0 heterocycles. The van der Waals surface area contributed by atoms with Crippen LogP contribution in [-0.4, -0.2) is 13.7 Å². The number of ether oxygens (including phenoxy) is 2. The molecule has 0 atom stereocenters. The van der Waals surface area contributed by atoms with E-state index < -0.39 is 0 Å². The average molecular weight is 465 g/mol. The van der Waals surface area contributed by atoms with Gasteiger partial charge in [-0.1, -0.05) is 42.3 Å². The Kier molecular flexibility index (Phi) is 6.01. The van der Waals surface area contributed by atoms with Crippen molar-refractivity contribution in [2.75, 3.05) is 13.7 Å². The summed E-state index contributed by atoms with van der Waals surface area (Å²) in [6, 6.07) is 20.2. The number of hydrogen-bond acceptors (Lipinski definition) is 3. The number of hydrogen-bond donors (Lipinski definition) is 0. The molecule has 0 aromatic heterocycles. The zero-order valence-electron chi connectivity index (χ0n) is 14.7. The fourth-order valence-electron chi connectivity index (χ4n) is 2.78. The summed E-state index contributed by atoms with van der Waals surface area (Å²) in [5.74, 6) is 3.64. The molecule has 3 aromatic carbocycles. The molecule has 3 nitrogen and oxygen atoms in total. The van der Waals surface area contributed by atoms with Crippen LogP contribution in [0.1, 0.15) is 11.1 Å². The monoisotopic (exact) mass is 465 g/mol. The van der Waals surface area contributed by atoms with Gasteiger partial charge in [0.15, 0.2) is 11.5 Å². The molecular weight excluding hydrogens is 449 g/mol. The van der Waals surface area contributed by atoms with Crippen molar-refractivity contribution < 1.29 is 9.47 Å². The van der Waals surface area contributed by atoms with E-state index in [9.17, 15) is 5.26 Å². The normalized spacial score (nSPS) is 10.9. The lowest BCUT2D eigenvalue weighted by Gasteiger charge is -2.12. The van der Waals surface area contributed by atoms with Crippen molar-refractivity contribution in [2.45, 2.75) is 0 Å². The highest BCUT2D eigenvalue weighted by Gasteiger charge is 2.12. The number of nitrogens with zero attached hydrogens (tertiary/aromatic N) is 1. The summed E-state index contributed by atoms with van der Waals surface area (Å²) in [6.07, 6.45) is 7.12. The second-order valence-electron chi connectivity index (χ2n) is 5.76. The third-order valence-corrected chi connectivity index (χ3v) is 4.84. The first kappa shape index (κ1) is 18.8. The maximum absolute atomic E-state index is 9.68. The SMILES string of the molecule is C#CCOc1c(I)cc(C=C(C#N)c2ccc3ccccc3c2)cc1OC. The molecule has 132 valence electrons. The van der Waals surface area contributed by atoms with E-state index in [1.807, 2.05) is 54.6 Å². The van der Waals surface area contributed by atoms with Crippen LogP contribution in [-0.2, 0) is 0 Å². The lowest BCUT2D eigenvalue weighted by molar-refractivity contribution is 0.328. The van der Waals surface area contributed by atoms with Gasteiger partial charge < -0.3 is 9.47 Å². The molecule has 0 saturated heterocycles. The largest absolute Gasteiger partial charge is 0.493 e. The number of methoxy groups -OCH3 is 1. The summed E-state index contributed by atoms with van der Waals surface area (Å²) in [7, 11) is 1.58. The summed E-state index contributed by atoms with van der Waals surface area (Å²) in [5.41, 5.74) is 2.31. The Balaban J connectivity index is 2.03. The Morgan fingerprint density at radius 3 is 2.63 bits per heavy atom. The van der Waals surface area contributed by atoms with Gasteiger partial charge in [0.1, 0.15) is 6.61 Å². The molecule has 3 aromatic rings. The molecule has 3 rings (SSSR count). The van der Waals surface area contributed by atoms with Crippen LogP contribution in [0.3, 0.4) is 0 Å². The number of terminal acetylenes is 1. The molecule has 0 radical (unpaired) electrons. The number of benzene rings is 3. The van der Waals surface area contributed by atoms with E-state index in [0.717, 1.165) is 25.5 Å². The molecule has 0 saturated carbocycles. The maximum atomic E-state index is 9.68. The van der Waals surface area contributed by atoms with E-state index in [4.69, 9.17) is 15.9 Å². The van der Waals surface area contributed by atoms with Crippen molar-refractivity contribution in [2.24, 2.45) is 0 Å². The second kappa shape index (κ2) is 8.62. The fourth-order valence-corrected chi connectivity index (χ4v) is 3.56. The molecule has 0 N–H and O–H groups in total. The Morgan fingerprint density at radius 1 is 1.15 bits per heavy atom. The summed E-state index contributed by atoms with van der Waals surface area (Å²) in [5, 5.41) is 11.9. The standard InChI is InChI=1S/C23H16INO2/c1-3-10-27-23-21(24)12-16(13-22(23)26-2)11-20(15-25)19-9-8-17-6-4-5-7-18(17)14-19/h1,4-9,11-14H,10H2,2H3. The lowest BCUT2D eigenvalue weighted by Crippen LogP contribution is -1.99. The van der Waals surface area contributed by atoms with E-state index in [0.29, 0.717) is 17.1 Å². The van der Waals surface area contributed by atoms with Gasteiger partial charge in [0.25, 0.3) is 0 Å². The van der Waals surface area contributed by atoms with Crippen LogP contribution in [0.25, 0.3) is 22.4 Å². The van der Waals surface area contributed by atoms with E-state index in [-0.39, 0.29) is 6.61 Å². The first-order valence-corrected chi connectivity index (χ1v) is 9.29. The van der Waals surface area contributed by atoms with Gasteiger partial charge in [-0.2, -0.15) is 5.26 Å². The number of rotatable bonds is 5. The summed E-state index contributed by atoms with van der Waals surface area (Å²) in [4.78, 5) is 0. The van der Waals surface area contributed by atoms with Crippen LogP contribution < -0.4 is 9.47 Å². The van der Waals surface area contributed by atoms with E-state index in [1.165, 1.54) is 0 Å². The molecule has 0 aliphatic rings. The molecule has 27 heavy (non-hydrogen) atoms. The van der Waals surface area contributed by atoms with Crippen molar-refractivity contribution in [3.63, 3.8) is 0 Å². The minimum Gasteiger partial charge on any atom is -0.493 e. The molecule has 0 aliphatic carbocycles. The molecule has 0 aliphatic heterocycles. The average Bonchev–Trinajstić information content (AvgIpc) is 2.70. The smallest absolute Gasteiger partial charge is 0.175 e. The fraction of sp³-hybridized carbons (Fsp3) is 0.0870. The van der Waals surface area contributed by atoms with Crippen molar-refractivity contribution in [3.05, 3.63) is 69.3 Å². The van der Waals surface area contributed by atoms with Gasteiger partial charge in [0, 0.05) is 0 Å². The summed E-state index contributed by atoms with van der Waals surface area (Å²) in [6.45, 7) is 0.169. The Morgan fingerprint density at radius 2 is 1.93 bits per heavy atom. The van der Waals surface area contributed by atoms with Gasteiger partial charge in [0.2, 0.25) is 0 Å². The van der Waals surface area contributed by atoms with Gasteiger partial charge in [-0.3, -0.25) is 0 Å². The van der Waals surface area contributed by atoms with Gasteiger partial charge in [-0.25, -0.2) is 0 Å². The number of fused-ring (bicyclic) bond motifs is 1.